The van der Waals surface area contributed by atoms with Crippen molar-refractivity contribution in [3.05, 3.63) is 0 Å². The van der Waals surface area contributed by atoms with Crippen molar-refractivity contribution in [1.29, 1.82) is 0 Å². The van der Waals surface area contributed by atoms with E-state index in [1.165, 1.54) is 25.8 Å². The molecule has 0 spiro atoms. The van der Waals surface area contributed by atoms with Gasteiger partial charge in [0.1, 0.15) is 0 Å². The van der Waals surface area contributed by atoms with E-state index < -0.39 is 0 Å². The van der Waals surface area contributed by atoms with Gasteiger partial charge < -0.3 is 5.32 Å². The summed E-state index contributed by atoms with van der Waals surface area (Å²) in [6, 6.07) is 0. The van der Waals surface area contributed by atoms with Crippen LogP contribution in [-0.2, 0) is 0 Å². The van der Waals surface area contributed by atoms with Gasteiger partial charge in [0.15, 0.2) is 0 Å². The standard InChI is InChI=1S/C10H20ClN/c1-10(2,7-11)8-12-6-5-9-3-4-9/h9,12H,3-8H2,1-2H3. The lowest BCUT2D eigenvalue weighted by atomic mass is 9.96. The summed E-state index contributed by atoms with van der Waals surface area (Å²) in [4.78, 5) is 0. The molecule has 1 aliphatic rings. The lowest BCUT2D eigenvalue weighted by Crippen LogP contribution is -2.31. The Labute approximate surface area is 80.9 Å². The third-order valence-electron chi connectivity index (χ3n) is 2.39. The van der Waals surface area contributed by atoms with Crippen molar-refractivity contribution < 1.29 is 0 Å². The number of rotatable bonds is 6. The molecular weight excluding hydrogens is 170 g/mol. The number of hydrogen-bond acceptors (Lipinski definition) is 1. The molecule has 12 heavy (non-hydrogen) atoms. The summed E-state index contributed by atoms with van der Waals surface area (Å²) in [7, 11) is 0. The van der Waals surface area contributed by atoms with Crippen LogP contribution in [0.1, 0.15) is 33.1 Å². The van der Waals surface area contributed by atoms with E-state index >= 15 is 0 Å². The van der Waals surface area contributed by atoms with Gasteiger partial charge >= 0.3 is 0 Å². The maximum Gasteiger partial charge on any atom is 0.0286 e. The van der Waals surface area contributed by atoms with Gasteiger partial charge in [0, 0.05) is 12.4 Å². The zero-order valence-corrected chi connectivity index (χ0v) is 8.95. The van der Waals surface area contributed by atoms with Gasteiger partial charge in [0.2, 0.25) is 0 Å². The topological polar surface area (TPSA) is 12.0 Å². The van der Waals surface area contributed by atoms with Crippen molar-refractivity contribution in [3.63, 3.8) is 0 Å². The molecule has 1 nitrogen and oxygen atoms in total. The Bertz CT molecular complexity index is 130. The smallest absolute Gasteiger partial charge is 0.0286 e. The van der Waals surface area contributed by atoms with Crippen molar-refractivity contribution >= 4 is 11.6 Å². The SMILES string of the molecule is CC(C)(CCl)CNCCC1CC1. The average molecular weight is 190 g/mol. The van der Waals surface area contributed by atoms with Crippen LogP contribution < -0.4 is 5.32 Å². The van der Waals surface area contributed by atoms with Gasteiger partial charge in [-0.2, -0.15) is 0 Å². The maximum absolute atomic E-state index is 5.81. The lowest BCUT2D eigenvalue weighted by molar-refractivity contribution is 0.382. The number of halogens is 1. The van der Waals surface area contributed by atoms with Crippen LogP contribution in [0.2, 0.25) is 0 Å². The van der Waals surface area contributed by atoms with Crippen LogP contribution >= 0.6 is 11.6 Å². The van der Waals surface area contributed by atoms with E-state index in [-0.39, 0.29) is 5.41 Å². The molecule has 1 saturated carbocycles. The average Bonchev–Trinajstić information content (AvgIpc) is 2.82. The molecule has 0 radical (unpaired) electrons. The molecule has 0 unspecified atom stereocenters. The van der Waals surface area contributed by atoms with Crippen molar-refractivity contribution in [2.24, 2.45) is 11.3 Å². The first-order valence-corrected chi connectivity index (χ1v) is 5.44. The molecule has 0 bridgehead atoms. The molecule has 0 saturated heterocycles. The van der Waals surface area contributed by atoms with Crippen molar-refractivity contribution in [3.8, 4) is 0 Å². The minimum atomic E-state index is 0.255. The highest BCUT2D eigenvalue weighted by Crippen LogP contribution is 2.31. The van der Waals surface area contributed by atoms with Crippen molar-refractivity contribution in [2.45, 2.75) is 33.1 Å². The zero-order chi connectivity index (χ0) is 9.03. The summed E-state index contributed by atoms with van der Waals surface area (Å²) in [6.45, 7) is 6.61. The van der Waals surface area contributed by atoms with E-state index in [1.54, 1.807) is 0 Å². The predicted octanol–water partition coefficient (Wildman–Crippen LogP) is 2.64. The quantitative estimate of drug-likeness (QED) is 0.501. The van der Waals surface area contributed by atoms with Gasteiger partial charge in [0.25, 0.3) is 0 Å². The summed E-state index contributed by atoms with van der Waals surface area (Å²) in [6.07, 6.45) is 4.28. The van der Waals surface area contributed by atoms with E-state index in [4.69, 9.17) is 11.6 Å². The Morgan fingerprint density at radius 1 is 1.42 bits per heavy atom. The Morgan fingerprint density at radius 3 is 2.58 bits per heavy atom. The first kappa shape index (κ1) is 10.3. The van der Waals surface area contributed by atoms with Crippen LogP contribution in [0, 0.1) is 11.3 Å². The van der Waals surface area contributed by atoms with Crippen LogP contribution in [-0.4, -0.2) is 19.0 Å². The van der Waals surface area contributed by atoms with E-state index in [0.717, 1.165) is 18.3 Å². The Hall–Kier alpha value is 0.250. The Kier molecular flexibility index (Phi) is 3.85. The number of alkyl halides is 1. The first-order valence-electron chi connectivity index (χ1n) is 4.91. The fourth-order valence-corrected chi connectivity index (χ4v) is 1.28. The van der Waals surface area contributed by atoms with Gasteiger partial charge in [-0.1, -0.05) is 26.7 Å². The summed E-state index contributed by atoms with van der Waals surface area (Å²) >= 11 is 5.81. The minimum absolute atomic E-state index is 0.255. The number of hydrogen-bond donors (Lipinski definition) is 1. The molecule has 2 heteroatoms. The van der Waals surface area contributed by atoms with Gasteiger partial charge in [-0.05, 0) is 24.3 Å². The van der Waals surface area contributed by atoms with Crippen LogP contribution in [0.25, 0.3) is 0 Å². The van der Waals surface area contributed by atoms with E-state index in [1.807, 2.05) is 0 Å². The van der Waals surface area contributed by atoms with Gasteiger partial charge in [0.05, 0.1) is 0 Å². The van der Waals surface area contributed by atoms with Crippen LogP contribution in [0.4, 0.5) is 0 Å². The van der Waals surface area contributed by atoms with Crippen molar-refractivity contribution in [1.82, 2.24) is 5.32 Å². The fraction of sp³-hybridized carbons (Fsp3) is 1.00. The Balaban J connectivity index is 1.92. The molecule has 1 aliphatic carbocycles. The van der Waals surface area contributed by atoms with Crippen LogP contribution in [0.3, 0.4) is 0 Å². The molecule has 72 valence electrons. The zero-order valence-electron chi connectivity index (χ0n) is 8.20. The van der Waals surface area contributed by atoms with Crippen molar-refractivity contribution in [2.75, 3.05) is 19.0 Å². The van der Waals surface area contributed by atoms with Gasteiger partial charge in [-0.15, -0.1) is 11.6 Å². The van der Waals surface area contributed by atoms with E-state index in [2.05, 4.69) is 19.2 Å². The maximum atomic E-state index is 5.81. The van der Waals surface area contributed by atoms with Gasteiger partial charge in [-0.25, -0.2) is 0 Å². The molecule has 1 fully saturated rings. The Morgan fingerprint density at radius 2 is 2.08 bits per heavy atom. The highest BCUT2D eigenvalue weighted by atomic mass is 35.5. The highest BCUT2D eigenvalue weighted by Gasteiger charge is 2.21. The second kappa shape index (κ2) is 4.48. The fourth-order valence-electron chi connectivity index (χ4n) is 1.19. The molecule has 0 aliphatic heterocycles. The molecule has 1 N–H and O–H groups in total. The second-order valence-corrected chi connectivity index (χ2v) is 4.97. The minimum Gasteiger partial charge on any atom is -0.316 e. The molecular formula is C10H20ClN. The summed E-state index contributed by atoms with van der Waals surface area (Å²) < 4.78 is 0. The van der Waals surface area contributed by atoms with Crippen LogP contribution in [0.5, 0.6) is 0 Å². The predicted molar refractivity (Wildman–Crippen MR) is 54.7 cm³/mol. The molecule has 0 aromatic heterocycles. The first-order chi connectivity index (χ1) is 5.64. The molecule has 0 aromatic rings. The molecule has 0 heterocycles. The normalized spacial score (nSPS) is 18.2. The summed E-state index contributed by atoms with van der Waals surface area (Å²) in [5, 5.41) is 3.46. The van der Waals surface area contributed by atoms with Gasteiger partial charge in [-0.3, -0.25) is 0 Å². The molecule has 0 amide bonds. The second-order valence-electron chi connectivity index (χ2n) is 4.71. The molecule has 0 aromatic carbocycles. The third kappa shape index (κ3) is 4.32. The molecule has 0 atom stereocenters. The highest BCUT2D eigenvalue weighted by molar-refractivity contribution is 6.18. The summed E-state index contributed by atoms with van der Waals surface area (Å²) in [5.74, 6) is 1.78. The third-order valence-corrected chi connectivity index (χ3v) is 3.12. The van der Waals surface area contributed by atoms with E-state index in [9.17, 15) is 0 Å². The van der Waals surface area contributed by atoms with E-state index in [0.29, 0.717) is 0 Å². The lowest BCUT2D eigenvalue weighted by Gasteiger charge is -2.21. The number of nitrogens with one attached hydrogen (secondary N) is 1. The summed E-state index contributed by atoms with van der Waals surface area (Å²) in [5.41, 5.74) is 0.255. The van der Waals surface area contributed by atoms with Crippen LogP contribution in [0.15, 0.2) is 0 Å². The monoisotopic (exact) mass is 189 g/mol. The largest absolute Gasteiger partial charge is 0.316 e. The molecule has 1 rings (SSSR count).